The Hall–Kier alpha value is -0.570. The number of esters is 1. The van der Waals surface area contributed by atoms with Crippen LogP contribution in [0, 0.1) is 0 Å². The fraction of sp³-hybridized carbons (Fsp3) is 0.750. The van der Waals surface area contributed by atoms with Gasteiger partial charge in [0.25, 0.3) is 0 Å². The van der Waals surface area contributed by atoms with E-state index in [2.05, 4.69) is 4.74 Å². The minimum Gasteiger partial charge on any atom is -0.466 e. The highest BCUT2D eigenvalue weighted by Gasteiger charge is 2.12. The summed E-state index contributed by atoms with van der Waals surface area (Å²) in [5.74, 6) is -0.355. The van der Waals surface area contributed by atoms with E-state index < -0.39 is 5.38 Å². The third-order valence-electron chi connectivity index (χ3n) is 1.37. The van der Waals surface area contributed by atoms with Crippen LogP contribution in [0.4, 0.5) is 0 Å². The average molecular weight is 193 g/mol. The van der Waals surface area contributed by atoms with Gasteiger partial charge in [0.05, 0.1) is 12.0 Å². The normalized spacial score (nSPS) is 12.2. The van der Waals surface area contributed by atoms with E-state index in [9.17, 15) is 9.59 Å². The van der Waals surface area contributed by atoms with Gasteiger partial charge in [-0.1, -0.05) is 6.92 Å². The average Bonchev–Trinajstić information content (AvgIpc) is 2.02. The second kappa shape index (κ2) is 6.00. The summed E-state index contributed by atoms with van der Waals surface area (Å²) >= 11 is 5.67. The lowest BCUT2D eigenvalue weighted by Crippen LogP contribution is -2.16. The maximum Gasteiger partial charge on any atom is 0.302 e. The summed E-state index contributed by atoms with van der Waals surface area (Å²) in [6, 6.07) is 0. The summed E-state index contributed by atoms with van der Waals surface area (Å²) in [6.45, 7) is 3.30. The molecule has 0 heterocycles. The molecule has 0 bridgehead atoms. The SMILES string of the molecule is CCC(=O)C(Cl)CCOC(C)=O. The number of rotatable bonds is 5. The Kier molecular flexibility index (Phi) is 5.72. The standard InChI is InChI=1S/C8H13ClO3/c1-3-8(11)7(9)4-5-12-6(2)10/h7H,3-5H2,1-2H3. The van der Waals surface area contributed by atoms with Crippen LogP contribution in [0.15, 0.2) is 0 Å². The van der Waals surface area contributed by atoms with Gasteiger partial charge in [-0.15, -0.1) is 11.6 Å². The lowest BCUT2D eigenvalue weighted by molar-refractivity contribution is -0.141. The molecule has 0 aliphatic carbocycles. The molecule has 12 heavy (non-hydrogen) atoms. The molecule has 0 aromatic carbocycles. The summed E-state index contributed by atoms with van der Waals surface area (Å²) in [6.07, 6.45) is 0.821. The minimum atomic E-state index is -0.519. The van der Waals surface area contributed by atoms with E-state index in [4.69, 9.17) is 11.6 Å². The van der Waals surface area contributed by atoms with Gasteiger partial charge >= 0.3 is 5.97 Å². The van der Waals surface area contributed by atoms with E-state index in [0.29, 0.717) is 12.8 Å². The van der Waals surface area contributed by atoms with Crippen molar-refractivity contribution in [1.29, 1.82) is 0 Å². The number of hydrogen-bond donors (Lipinski definition) is 0. The maximum atomic E-state index is 10.9. The Labute approximate surface area is 77.0 Å². The van der Waals surface area contributed by atoms with Crippen molar-refractivity contribution in [3.8, 4) is 0 Å². The van der Waals surface area contributed by atoms with Gasteiger partial charge in [-0.25, -0.2) is 0 Å². The molecule has 0 N–H and O–H groups in total. The Morgan fingerprint density at radius 1 is 1.50 bits per heavy atom. The zero-order chi connectivity index (χ0) is 9.56. The molecular formula is C8H13ClO3. The Balaban J connectivity index is 3.50. The molecule has 1 unspecified atom stereocenters. The largest absolute Gasteiger partial charge is 0.466 e. The topological polar surface area (TPSA) is 43.4 Å². The number of halogens is 1. The van der Waals surface area contributed by atoms with E-state index in [0.717, 1.165) is 0 Å². The molecule has 0 rings (SSSR count). The summed E-state index contributed by atoms with van der Waals surface area (Å²) in [4.78, 5) is 21.2. The summed E-state index contributed by atoms with van der Waals surface area (Å²) in [5, 5.41) is -0.519. The Morgan fingerprint density at radius 2 is 2.08 bits per heavy atom. The molecular weight excluding hydrogens is 180 g/mol. The molecule has 3 nitrogen and oxygen atoms in total. The van der Waals surface area contributed by atoms with Crippen LogP contribution in [0.5, 0.6) is 0 Å². The second-order valence-electron chi connectivity index (χ2n) is 2.42. The highest BCUT2D eigenvalue weighted by molar-refractivity contribution is 6.31. The van der Waals surface area contributed by atoms with Gasteiger partial charge in [0.15, 0.2) is 5.78 Å². The number of alkyl halides is 1. The van der Waals surface area contributed by atoms with Crippen LogP contribution in [0.1, 0.15) is 26.7 Å². The molecule has 4 heteroatoms. The van der Waals surface area contributed by atoms with Crippen molar-refractivity contribution in [3.05, 3.63) is 0 Å². The van der Waals surface area contributed by atoms with Gasteiger partial charge in [-0.3, -0.25) is 9.59 Å². The third kappa shape index (κ3) is 5.13. The minimum absolute atomic E-state index is 0.0104. The number of ether oxygens (including phenoxy) is 1. The van der Waals surface area contributed by atoms with E-state index in [1.54, 1.807) is 6.92 Å². The van der Waals surface area contributed by atoms with Crippen LogP contribution in [-0.2, 0) is 14.3 Å². The summed E-state index contributed by atoms with van der Waals surface area (Å²) in [5.41, 5.74) is 0. The molecule has 1 atom stereocenters. The van der Waals surface area contributed by atoms with E-state index in [-0.39, 0.29) is 18.4 Å². The Morgan fingerprint density at radius 3 is 2.50 bits per heavy atom. The van der Waals surface area contributed by atoms with Gasteiger partial charge in [-0.2, -0.15) is 0 Å². The predicted octanol–water partition coefficient (Wildman–Crippen LogP) is 1.53. The van der Waals surface area contributed by atoms with E-state index >= 15 is 0 Å². The first-order valence-electron chi connectivity index (χ1n) is 3.88. The van der Waals surface area contributed by atoms with Crippen LogP contribution in [0.2, 0.25) is 0 Å². The van der Waals surface area contributed by atoms with Gasteiger partial charge in [0.1, 0.15) is 0 Å². The predicted molar refractivity (Wildman–Crippen MR) is 46.2 cm³/mol. The summed E-state index contributed by atoms with van der Waals surface area (Å²) < 4.78 is 4.63. The zero-order valence-corrected chi connectivity index (χ0v) is 8.06. The quantitative estimate of drug-likeness (QED) is 0.490. The molecule has 0 saturated carbocycles. The first-order valence-corrected chi connectivity index (χ1v) is 4.31. The molecule has 0 fully saturated rings. The van der Waals surface area contributed by atoms with Gasteiger partial charge in [0.2, 0.25) is 0 Å². The number of hydrogen-bond acceptors (Lipinski definition) is 3. The number of carbonyl (C=O) groups is 2. The highest BCUT2D eigenvalue weighted by Crippen LogP contribution is 2.05. The molecule has 70 valence electrons. The van der Waals surface area contributed by atoms with Gasteiger partial charge in [-0.05, 0) is 0 Å². The van der Waals surface area contributed by atoms with Crippen molar-refractivity contribution in [2.24, 2.45) is 0 Å². The van der Waals surface area contributed by atoms with Crippen LogP contribution >= 0.6 is 11.6 Å². The van der Waals surface area contributed by atoms with Crippen molar-refractivity contribution in [2.75, 3.05) is 6.61 Å². The van der Waals surface area contributed by atoms with E-state index in [1.807, 2.05) is 0 Å². The molecule has 0 aromatic heterocycles. The Bertz CT molecular complexity index is 168. The molecule has 0 radical (unpaired) electrons. The maximum absolute atomic E-state index is 10.9. The van der Waals surface area contributed by atoms with Crippen LogP contribution < -0.4 is 0 Å². The zero-order valence-electron chi connectivity index (χ0n) is 7.30. The molecule has 0 spiro atoms. The number of carbonyl (C=O) groups excluding carboxylic acids is 2. The van der Waals surface area contributed by atoms with Gasteiger partial charge < -0.3 is 4.74 Å². The third-order valence-corrected chi connectivity index (χ3v) is 1.84. The monoisotopic (exact) mass is 192 g/mol. The molecule has 0 saturated heterocycles. The lowest BCUT2D eigenvalue weighted by Gasteiger charge is -2.06. The smallest absolute Gasteiger partial charge is 0.302 e. The molecule has 0 aromatic rings. The number of Topliss-reactive ketones (excluding diaryl/α,β-unsaturated/α-hetero) is 1. The molecule has 0 amide bonds. The highest BCUT2D eigenvalue weighted by atomic mass is 35.5. The summed E-state index contributed by atoms with van der Waals surface area (Å²) in [7, 11) is 0. The lowest BCUT2D eigenvalue weighted by atomic mass is 10.2. The first kappa shape index (κ1) is 11.4. The fourth-order valence-corrected chi connectivity index (χ4v) is 0.932. The van der Waals surface area contributed by atoms with Crippen molar-refractivity contribution in [2.45, 2.75) is 32.1 Å². The van der Waals surface area contributed by atoms with Crippen LogP contribution in [0.25, 0.3) is 0 Å². The fourth-order valence-electron chi connectivity index (χ4n) is 0.689. The van der Waals surface area contributed by atoms with E-state index in [1.165, 1.54) is 6.92 Å². The van der Waals surface area contributed by atoms with Crippen molar-refractivity contribution < 1.29 is 14.3 Å². The van der Waals surface area contributed by atoms with Crippen molar-refractivity contribution >= 4 is 23.4 Å². The first-order chi connectivity index (χ1) is 5.57. The van der Waals surface area contributed by atoms with Crippen molar-refractivity contribution in [3.63, 3.8) is 0 Å². The molecule has 0 aliphatic rings. The van der Waals surface area contributed by atoms with Gasteiger partial charge in [0, 0.05) is 19.8 Å². The molecule has 0 aliphatic heterocycles. The van der Waals surface area contributed by atoms with Crippen LogP contribution in [-0.4, -0.2) is 23.7 Å². The second-order valence-corrected chi connectivity index (χ2v) is 2.94. The van der Waals surface area contributed by atoms with Crippen LogP contribution in [0.3, 0.4) is 0 Å². The van der Waals surface area contributed by atoms with Crippen molar-refractivity contribution in [1.82, 2.24) is 0 Å². The number of ketones is 1.